The fourth-order valence-corrected chi connectivity index (χ4v) is 3.58. The molecule has 0 fully saturated rings. The molecule has 0 saturated carbocycles. The monoisotopic (exact) mass is 357 g/mol. The predicted octanol–water partition coefficient (Wildman–Crippen LogP) is 3.74. The van der Waals surface area contributed by atoms with Crippen LogP contribution in [0.3, 0.4) is 0 Å². The van der Waals surface area contributed by atoms with Crippen LogP contribution in [0.15, 0.2) is 27.4 Å². The Kier molecular flexibility index (Phi) is 3.39. The lowest BCUT2D eigenvalue weighted by Crippen LogP contribution is -2.03. The summed E-state index contributed by atoms with van der Waals surface area (Å²) in [5, 5.41) is 15.4. The van der Waals surface area contributed by atoms with E-state index < -0.39 is 6.10 Å². The lowest BCUT2D eigenvalue weighted by molar-refractivity contribution is -0.115. The van der Waals surface area contributed by atoms with Crippen LogP contribution in [0, 0.1) is 0 Å². The molecule has 1 unspecified atom stereocenters. The number of benzene rings is 1. The SMILES string of the molecule is O=C1Cc2cc(C(O)c3csc(Br)c3)c(Cl)cc2N1. The molecule has 1 aromatic heterocycles. The van der Waals surface area contributed by atoms with Crippen LogP contribution in [0.4, 0.5) is 5.69 Å². The van der Waals surface area contributed by atoms with Crippen molar-refractivity contribution in [1.29, 1.82) is 0 Å². The Morgan fingerprint density at radius 3 is 2.89 bits per heavy atom. The number of rotatable bonds is 2. The molecule has 1 aliphatic rings. The Bertz CT molecular complexity index is 671. The summed E-state index contributed by atoms with van der Waals surface area (Å²) in [4.78, 5) is 11.3. The Morgan fingerprint density at radius 2 is 2.21 bits per heavy atom. The van der Waals surface area contributed by atoms with E-state index in [0.717, 1.165) is 20.6 Å². The summed E-state index contributed by atoms with van der Waals surface area (Å²) in [7, 11) is 0. The average Bonchev–Trinajstić information content (AvgIpc) is 2.92. The second kappa shape index (κ2) is 4.90. The minimum absolute atomic E-state index is 0.0454. The molecule has 3 nitrogen and oxygen atoms in total. The number of fused-ring (bicyclic) bond motifs is 1. The van der Waals surface area contributed by atoms with Crippen LogP contribution in [-0.2, 0) is 11.2 Å². The van der Waals surface area contributed by atoms with Crippen molar-refractivity contribution in [1.82, 2.24) is 0 Å². The minimum atomic E-state index is -0.781. The number of carbonyl (C=O) groups excluding carboxylic acids is 1. The van der Waals surface area contributed by atoms with Gasteiger partial charge in [-0.05, 0) is 50.6 Å². The van der Waals surface area contributed by atoms with Gasteiger partial charge in [-0.1, -0.05) is 11.6 Å². The highest BCUT2D eigenvalue weighted by Crippen LogP contribution is 2.36. The molecule has 1 amide bonds. The number of aliphatic hydroxyl groups is 1. The van der Waals surface area contributed by atoms with E-state index in [1.165, 1.54) is 11.3 Å². The van der Waals surface area contributed by atoms with Gasteiger partial charge in [-0.2, -0.15) is 0 Å². The molecule has 2 aromatic rings. The van der Waals surface area contributed by atoms with Crippen LogP contribution in [0.5, 0.6) is 0 Å². The third-order valence-corrected chi connectivity index (χ3v) is 4.90. The molecule has 0 spiro atoms. The highest BCUT2D eigenvalue weighted by atomic mass is 79.9. The van der Waals surface area contributed by atoms with E-state index >= 15 is 0 Å². The van der Waals surface area contributed by atoms with Crippen LogP contribution >= 0.6 is 38.9 Å². The van der Waals surface area contributed by atoms with Crippen molar-refractivity contribution in [2.75, 3.05) is 5.32 Å². The molecule has 19 heavy (non-hydrogen) atoms. The summed E-state index contributed by atoms with van der Waals surface area (Å²) in [5.74, 6) is -0.0454. The van der Waals surface area contributed by atoms with E-state index in [4.69, 9.17) is 11.6 Å². The summed E-state index contributed by atoms with van der Waals surface area (Å²) < 4.78 is 0.954. The molecule has 0 aliphatic carbocycles. The zero-order chi connectivity index (χ0) is 13.6. The first-order valence-electron chi connectivity index (χ1n) is 5.59. The van der Waals surface area contributed by atoms with E-state index in [2.05, 4.69) is 21.2 Å². The van der Waals surface area contributed by atoms with Crippen molar-refractivity contribution in [2.45, 2.75) is 12.5 Å². The van der Waals surface area contributed by atoms with Gasteiger partial charge in [-0.15, -0.1) is 11.3 Å². The third kappa shape index (κ3) is 2.43. The number of nitrogens with one attached hydrogen (secondary N) is 1. The van der Waals surface area contributed by atoms with Gasteiger partial charge in [0, 0.05) is 16.3 Å². The van der Waals surface area contributed by atoms with Crippen LogP contribution in [0.25, 0.3) is 0 Å². The minimum Gasteiger partial charge on any atom is -0.384 e. The summed E-state index contributed by atoms with van der Waals surface area (Å²) in [6, 6.07) is 5.36. The Morgan fingerprint density at radius 1 is 1.42 bits per heavy atom. The zero-order valence-corrected chi connectivity index (χ0v) is 12.8. The van der Waals surface area contributed by atoms with Gasteiger partial charge in [0.15, 0.2) is 0 Å². The number of anilines is 1. The molecule has 0 saturated heterocycles. The number of aliphatic hydroxyl groups excluding tert-OH is 1. The van der Waals surface area contributed by atoms with Crippen LogP contribution < -0.4 is 5.32 Å². The molecule has 1 aromatic carbocycles. The average molecular weight is 359 g/mol. The zero-order valence-electron chi connectivity index (χ0n) is 9.61. The maximum absolute atomic E-state index is 11.3. The van der Waals surface area contributed by atoms with E-state index in [1.54, 1.807) is 12.1 Å². The van der Waals surface area contributed by atoms with Crippen LogP contribution in [-0.4, -0.2) is 11.0 Å². The van der Waals surface area contributed by atoms with Gasteiger partial charge in [-0.25, -0.2) is 0 Å². The quantitative estimate of drug-likeness (QED) is 0.859. The van der Waals surface area contributed by atoms with Crippen molar-refractivity contribution in [3.8, 4) is 0 Å². The molecule has 0 bridgehead atoms. The number of halogens is 2. The van der Waals surface area contributed by atoms with E-state index in [9.17, 15) is 9.90 Å². The molecule has 6 heteroatoms. The lowest BCUT2D eigenvalue weighted by Gasteiger charge is -2.13. The molecule has 2 N–H and O–H groups in total. The molecule has 2 heterocycles. The molecule has 3 rings (SSSR count). The summed E-state index contributed by atoms with van der Waals surface area (Å²) >= 11 is 11.1. The number of amides is 1. The van der Waals surface area contributed by atoms with Crippen molar-refractivity contribution >= 4 is 50.5 Å². The first kappa shape index (κ1) is 13.1. The normalized spacial score (nSPS) is 15.2. The summed E-state index contributed by atoms with van der Waals surface area (Å²) in [6.07, 6.45) is -0.449. The third-order valence-electron chi connectivity index (χ3n) is 3.05. The Labute approximate surface area is 127 Å². The first-order chi connectivity index (χ1) is 9.04. The Balaban J connectivity index is 2.02. The van der Waals surface area contributed by atoms with E-state index in [0.29, 0.717) is 17.0 Å². The second-order valence-electron chi connectivity index (χ2n) is 4.34. The van der Waals surface area contributed by atoms with Gasteiger partial charge in [-0.3, -0.25) is 4.79 Å². The van der Waals surface area contributed by atoms with Gasteiger partial charge < -0.3 is 10.4 Å². The van der Waals surface area contributed by atoms with Crippen molar-refractivity contribution in [3.05, 3.63) is 49.1 Å². The fraction of sp³-hybridized carbons (Fsp3) is 0.154. The molecule has 0 radical (unpaired) electrons. The standard InChI is InChI=1S/C13H9BrClNO2S/c14-11-2-7(5-19-11)13(18)8-1-6-3-12(17)16-10(6)4-9(8)15/h1-2,4-5,13,18H,3H2,(H,16,17). The van der Waals surface area contributed by atoms with Crippen LogP contribution in [0.1, 0.15) is 22.8 Å². The van der Waals surface area contributed by atoms with Gasteiger partial charge >= 0.3 is 0 Å². The second-order valence-corrected chi connectivity index (χ2v) is 7.04. The highest BCUT2D eigenvalue weighted by molar-refractivity contribution is 9.11. The maximum Gasteiger partial charge on any atom is 0.228 e. The Hall–Kier alpha value is -0.880. The van der Waals surface area contributed by atoms with Crippen molar-refractivity contribution in [3.63, 3.8) is 0 Å². The van der Waals surface area contributed by atoms with Gasteiger partial charge in [0.1, 0.15) is 6.10 Å². The lowest BCUT2D eigenvalue weighted by atomic mass is 10.0. The van der Waals surface area contributed by atoms with Crippen molar-refractivity contribution < 1.29 is 9.90 Å². The predicted molar refractivity (Wildman–Crippen MR) is 79.9 cm³/mol. The number of carbonyl (C=O) groups is 1. The first-order valence-corrected chi connectivity index (χ1v) is 7.64. The number of thiophene rings is 1. The van der Waals surface area contributed by atoms with Crippen LogP contribution in [0.2, 0.25) is 5.02 Å². The van der Waals surface area contributed by atoms with E-state index in [1.807, 2.05) is 11.4 Å². The largest absolute Gasteiger partial charge is 0.384 e. The molecule has 1 atom stereocenters. The summed E-state index contributed by atoms with van der Waals surface area (Å²) in [5.41, 5.74) is 3.02. The summed E-state index contributed by atoms with van der Waals surface area (Å²) in [6.45, 7) is 0. The number of hydrogen-bond acceptors (Lipinski definition) is 3. The van der Waals surface area contributed by atoms with Gasteiger partial charge in [0.2, 0.25) is 5.91 Å². The maximum atomic E-state index is 11.3. The molecular weight excluding hydrogens is 350 g/mol. The molecular formula is C13H9BrClNO2S. The van der Waals surface area contributed by atoms with E-state index in [-0.39, 0.29) is 5.91 Å². The number of hydrogen-bond donors (Lipinski definition) is 2. The highest BCUT2D eigenvalue weighted by Gasteiger charge is 2.23. The molecule has 1 aliphatic heterocycles. The smallest absolute Gasteiger partial charge is 0.228 e. The van der Waals surface area contributed by atoms with Gasteiger partial charge in [0.05, 0.1) is 10.2 Å². The molecule has 98 valence electrons. The van der Waals surface area contributed by atoms with Crippen molar-refractivity contribution in [2.24, 2.45) is 0 Å². The van der Waals surface area contributed by atoms with Gasteiger partial charge in [0.25, 0.3) is 0 Å². The fourth-order valence-electron chi connectivity index (χ4n) is 2.12. The topological polar surface area (TPSA) is 49.3 Å².